The number of carbonyl (C=O) groups is 1. The van der Waals surface area contributed by atoms with E-state index in [-0.39, 0.29) is 18.6 Å². The summed E-state index contributed by atoms with van der Waals surface area (Å²) >= 11 is 0. The number of unbranched alkanes of at least 4 members (excludes halogenated alkanes) is 1. The van der Waals surface area contributed by atoms with E-state index in [4.69, 9.17) is 5.41 Å². The van der Waals surface area contributed by atoms with Crippen molar-refractivity contribution in [2.24, 2.45) is 0 Å². The molecule has 0 bridgehead atoms. The lowest BCUT2D eigenvalue weighted by molar-refractivity contribution is -0.873. The van der Waals surface area contributed by atoms with E-state index in [0.29, 0.717) is 0 Å². The number of rotatable bonds is 11. The zero-order valence-electron chi connectivity index (χ0n) is 19.6. The van der Waals surface area contributed by atoms with E-state index in [2.05, 4.69) is 16.1 Å². The Morgan fingerprint density at radius 3 is 2.23 bits per heavy atom. The molecule has 7 nitrogen and oxygen atoms in total. The van der Waals surface area contributed by atoms with Gasteiger partial charge in [-0.1, -0.05) is 42.5 Å². The molecular weight excluding hydrogens is 382 g/mol. The standard InChI is InChI=1S/C16H25NO2.C7H16N2O2/c1-4-5-6-7-8-9-10-11-12-13-15(18)17-14-16(2,3)19;1-6(11-7(8)10)5-9(2,3)4/h4-9,12-13,19H,10-11,14H2,1-3H3,(H,17,18);6H,5H2,1-4H3,(H-,8,10)/b5-4+,7-6+,9-8-,13-12+;. The van der Waals surface area contributed by atoms with Crippen LogP contribution in [0.15, 0.2) is 48.6 Å². The summed E-state index contributed by atoms with van der Waals surface area (Å²) in [6.07, 6.45) is 15.9. The van der Waals surface area contributed by atoms with Gasteiger partial charge >= 0.3 is 0 Å². The fraction of sp³-hybridized carbons (Fsp3) is 0.565. The molecule has 0 spiro atoms. The van der Waals surface area contributed by atoms with Gasteiger partial charge in [0.15, 0.2) is 0 Å². The minimum absolute atomic E-state index is 0.168. The zero-order chi connectivity index (χ0) is 23.6. The summed E-state index contributed by atoms with van der Waals surface area (Å²) in [5.41, 5.74) is -0.870. The normalized spacial score (nSPS) is 13.6. The van der Waals surface area contributed by atoms with Gasteiger partial charge in [-0.3, -0.25) is 10.2 Å². The summed E-state index contributed by atoms with van der Waals surface area (Å²) < 4.78 is 5.37. The van der Waals surface area contributed by atoms with Crippen molar-refractivity contribution in [3.05, 3.63) is 48.6 Å². The first-order valence-corrected chi connectivity index (χ1v) is 10.1. The average Bonchev–Trinajstić information content (AvgIpc) is 2.56. The number of carbonyl (C=O) groups excluding carboxylic acids is 1. The van der Waals surface area contributed by atoms with Gasteiger partial charge in [0, 0.05) is 6.54 Å². The first kappa shape index (κ1) is 29.8. The number of hydrogen-bond acceptors (Lipinski definition) is 5. The van der Waals surface area contributed by atoms with Crippen LogP contribution >= 0.6 is 0 Å². The largest absolute Gasteiger partial charge is 0.592 e. The minimum Gasteiger partial charge on any atom is -0.592 e. The maximum absolute atomic E-state index is 11.4. The summed E-state index contributed by atoms with van der Waals surface area (Å²) in [6.45, 7) is 8.06. The highest BCUT2D eigenvalue weighted by Gasteiger charge is 2.12. The molecule has 0 saturated heterocycles. The summed E-state index contributed by atoms with van der Waals surface area (Å²) in [5.74, 6) is -0.168. The zero-order valence-corrected chi connectivity index (χ0v) is 19.6. The van der Waals surface area contributed by atoms with Gasteiger partial charge in [0.2, 0.25) is 5.91 Å². The maximum atomic E-state index is 11.4. The number of nitrogens with zero attached hydrogens (tertiary/aromatic N) is 1. The first-order chi connectivity index (χ1) is 13.8. The average molecular weight is 424 g/mol. The molecule has 1 amide bonds. The summed E-state index contributed by atoms with van der Waals surface area (Å²) in [6, 6.07) is 0. The fourth-order valence-corrected chi connectivity index (χ4v) is 2.15. The van der Waals surface area contributed by atoms with Crippen molar-refractivity contribution in [1.82, 2.24) is 5.32 Å². The molecule has 30 heavy (non-hydrogen) atoms. The van der Waals surface area contributed by atoms with Crippen molar-refractivity contribution in [2.75, 3.05) is 34.2 Å². The molecular formula is C23H41N3O4. The Kier molecular flexibility index (Phi) is 16.3. The van der Waals surface area contributed by atoms with Gasteiger partial charge in [-0.15, -0.1) is 0 Å². The van der Waals surface area contributed by atoms with Gasteiger partial charge in [-0.2, -0.15) is 0 Å². The van der Waals surface area contributed by atoms with Crippen molar-refractivity contribution < 1.29 is 24.2 Å². The van der Waals surface area contributed by atoms with E-state index < -0.39 is 11.7 Å². The van der Waals surface area contributed by atoms with E-state index in [0.717, 1.165) is 23.9 Å². The molecule has 0 rings (SSSR count). The smallest absolute Gasteiger partial charge is 0.243 e. The second-order valence-electron chi connectivity index (χ2n) is 8.54. The summed E-state index contributed by atoms with van der Waals surface area (Å²) in [5, 5.41) is 28.8. The predicted molar refractivity (Wildman–Crippen MR) is 122 cm³/mol. The molecule has 3 N–H and O–H groups in total. The van der Waals surface area contributed by atoms with E-state index in [1.165, 1.54) is 6.08 Å². The molecule has 0 fully saturated rings. The third-order valence-electron chi connectivity index (χ3n) is 3.24. The molecule has 172 valence electrons. The van der Waals surface area contributed by atoms with Crippen LogP contribution in [0.1, 0.15) is 40.5 Å². The number of quaternary nitrogens is 1. The number of amides is 1. The van der Waals surface area contributed by atoms with Crippen LogP contribution in [0.3, 0.4) is 0 Å². The number of likely N-dealkylation sites (N-methyl/N-ethyl adjacent to an activating group) is 1. The quantitative estimate of drug-likeness (QED) is 0.118. The Morgan fingerprint density at radius 2 is 1.73 bits per heavy atom. The van der Waals surface area contributed by atoms with Crippen LogP contribution in [-0.4, -0.2) is 67.5 Å². The van der Waals surface area contributed by atoms with Crippen LogP contribution in [0.5, 0.6) is 0 Å². The Morgan fingerprint density at radius 1 is 1.17 bits per heavy atom. The summed E-state index contributed by atoms with van der Waals surface area (Å²) in [7, 11) is 6.02. The van der Waals surface area contributed by atoms with Crippen molar-refractivity contribution >= 4 is 12.0 Å². The van der Waals surface area contributed by atoms with Crippen LogP contribution in [-0.2, 0) is 9.53 Å². The Bertz CT molecular complexity index is 595. The van der Waals surface area contributed by atoms with Crippen molar-refractivity contribution in [2.45, 2.75) is 52.2 Å². The molecule has 0 radical (unpaired) electrons. The molecule has 0 aromatic carbocycles. The number of aliphatic hydroxyl groups is 1. The number of ether oxygens (including phenoxy) is 1. The van der Waals surface area contributed by atoms with Crippen LogP contribution in [0, 0.1) is 5.41 Å². The summed E-state index contributed by atoms with van der Waals surface area (Å²) in [4.78, 5) is 11.4. The van der Waals surface area contributed by atoms with Crippen LogP contribution in [0.2, 0.25) is 0 Å². The maximum Gasteiger partial charge on any atom is 0.243 e. The van der Waals surface area contributed by atoms with E-state index in [1.54, 1.807) is 20.8 Å². The lowest BCUT2D eigenvalue weighted by atomic mass is 10.1. The SMILES string of the molecule is C/C=C/C=C/C=C\CC/C=C/C(=O)NCC(C)(C)O.CC(C[N+](C)(C)C)OC(=N)[O-]. The molecule has 0 aromatic rings. The third kappa shape index (κ3) is 27.8. The number of allylic oxidation sites excluding steroid dienone is 7. The van der Waals surface area contributed by atoms with Gasteiger partial charge < -0.3 is 24.7 Å². The van der Waals surface area contributed by atoms with E-state index in [9.17, 15) is 15.0 Å². The van der Waals surface area contributed by atoms with Gasteiger partial charge in [0.1, 0.15) is 6.08 Å². The molecule has 0 aliphatic rings. The molecule has 0 saturated carbocycles. The Balaban J connectivity index is 0. The van der Waals surface area contributed by atoms with E-state index >= 15 is 0 Å². The van der Waals surface area contributed by atoms with Crippen molar-refractivity contribution in [1.29, 1.82) is 5.41 Å². The number of hydrogen-bond donors (Lipinski definition) is 3. The minimum atomic E-state index is -0.953. The molecule has 0 aliphatic carbocycles. The highest BCUT2D eigenvalue weighted by Crippen LogP contribution is 1.98. The van der Waals surface area contributed by atoms with Crippen molar-refractivity contribution in [3.63, 3.8) is 0 Å². The topological polar surface area (TPSA) is 105 Å². The van der Waals surface area contributed by atoms with Crippen molar-refractivity contribution in [3.8, 4) is 0 Å². The number of nitrogens with one attached hydrogen (secondary N) is 2. The highest BCUT2D eigenvalue weighted by atomic mass is 16.6. The van der Waals surface area contributed by atoms with Crippen LogP contribution < -0.4 is 10.4 Å². The monoisotopic (exact) mass is 423 g/mol. The van der Waals surface area contributed by atoms with Gasteiger partial charge in [0.25, 0.3) is 0 Å². The molecule has 0 aromatic heterocycles. The van der Waals surface area contributed by atoms with Gasteiger partial charge in [-0.05, 0) is 46.6 Å². The third-order valence-corrected chi connectivity index (χ3v) is 3.24. The second-order valence-corrected chi connectivity index (χ2v) is 8.54. The van der Waals surface area contributed by atoms with Gasteiger partial charge in [0.05, 0.1) is 39.4 Å². The fourth-order valence-electron chi connectivity index (χ4n) is 2.15. The molecule has 0 aliphatic heterocycles. The molecule has 1 unspecified atom stereocenters. The highest BCUT2D eigenvalue weighted by molar-refractivity contribution is 5.87. The van der Waals surface area contributed by atoms with Gasteiger partial charge in [-0.25, -0.2) is 0 Å². The molecule has 7 heteroatoms. The second kappa shape index (κ2) is 16.4. The van der Waals surface area contributed by atoms with Crippen LogP contribution in [0.25, 0.3) is 0 Å². The molecule has 0 heterocycles. The lowest BCUT2D eigenvalue weighted by Gasteiger charge is -2.30. The Labute approximate surface area is 182 Å². The predicted octanol–water partition coefficient (Wildman–Crippen LogP) is 2.29. The Hall–Kier alpha value is -2.38. The van der Waals surface area contributed by atoms with Crippen LogP contribution in [0.4, 0.5) is 0 Å². The van der Waals surface area contributed by atoms with E-state index in [1.807, 2.05) is 64.5 Å². The first-order valence-electron chi connectivity index (χ1n) is 10.1. The molecule has 1 atom stereocenters. The lowest BCUT2D eigenvalue weighted by Crippen LogP contribution is -2.42.